The summed E-state index contributed by atoms with van der Waals surface area (Å²) in [4.78, 5) is 18.9. The molecule has 3 aromatic rings. The molecule has 3 heterocycles. The average Bonchev–Trinajstić information content (AvgIpc) is 3.04. The van der Waals surface area contributed by atoms with Crippen LogP contribution in [0.2, 0.25) is 0 Å². The molecule has 1 aliphatic heterocycles. The minimum atomic E-state index is -0.233. The number of aromatic amines is 1. The Balaban J connectivity index is 0.00000182. The van der Waals surface area contributed by atoms with E-state index in [0.29, 0.717) is 12.2 Å². The minimum Gasteiger partial charge on any atom is -0.314 e. The molecule has 1 aromatic carbocycles. The molecule has 8 heteroatoms. The summed E-state index contributed by atoms with van der Waals surface area (Å²) >= 11 is 0. The van der Waals surface area contributed by atoms with Gasteiger partial charge in [-0.2, -0.15) is 0 Å². The number of piperazine rings is 1. The van der Waals surface area contributed by atoms with Gasteiger partial charge in [-0.15, -0.1) is 12.4 Å². The fraction of sp³-hybridized carbons (Fsp3) is 0.294. The van der Waals surface area contributed by atoms with Gasteiger partial charge >= 0.3 is 0 Å². The number of nitrogens with one attached hydrogen (secondary N) is 2. The quantitative estimate of drug-likeness (QED) is 0.744. The lowest BCUT2D eigenvalue weighted by atomic mass is 10.0. The van der Waals surface area contributed by atoms with E-state index >= 15 is 0 Å². The lowest BCUT2D eigenvalue weighted by Gasteiger charge is -2.36. The van der Waals surface area contributed by atoms with E-state index in [9.17, 15) is 9.18 Å². The Kier molecular flexibility index (Phi) is 5.17. The topological polar surface area (TPSA) is 65.4 Å². The highest BCUT2D eigenvalue weighted by atomic mass is 35.5. The molecule has 0 radical (unpaired) electrons. The van der Waals surface area contributed by atoms with Gasteiger partial charge in [-0.05, 0) is 17.7 Å². The number of aromatic nitrogens is 3. The molecule has 132 valence electrons. The maximum absolute atomic E-state index is 13.6. The van der Waals surface area contributed by atoms with Gasteiger partial charge in [-0.1, -0.05) is 12.1 Å². The lowest BCUT2D eigenvalue weighted by molar-refractivity contribution is 0.151. The van der Waals surface area contributed by atoms with Crippen molar-refractivity contribution < 1.29 is 4.39 Å². The fourth-order valence-corrected chi connectivity index (χ4v) is 3.24. The van der Waals surface area contributed by atoms with Crippen LogP contribution in [0.15, 0.2) is 47.4 Å². The number of rotatable bonds is 3. The number of hydrogen-bond donors (Lipinski definition) is 2. The van der Waals surface area contributed by atoms with E-state index in [1.807, 2.05) is 6.07 Å². The Morgan fingerprint density at radius 2 is 2.16 bits per heavy atom. The van der Waals surface area contributed by atoms with Crippen LogP contribution in [0.3, 0.4) is 0 Å². The predicted molar refractivity (Wildman–Crippen MR) is 95.5 cm³/mol. The second-order valence-electron chi connectivity index (χ2n) is 5.99. The van der Waals surface area contributed by atoms with E-state index in [4.69, 9.17) is 0 Å². The highest BCUT2D eigenvalue weighted by molar-refractivity contribution is 5.85. The summed E-state index contributed by atoms with van der Waals surface area (Å²) < 4.78 is 15.0. The van der Waals surface area contributed by atoms with Crippen molar-refractivity contribution in [1.82, 2.24) is 24.8 Å². The highest BCUT2D eigenvalue weighted by Gasteiger charge is 2.24. The summed E-state index contributed by atoms with van der Waals surface area (Å²) in [5.74, 6) is -0.233. The number of benzene rings is 1. The van der Waals surface area contributed by atoms with Crippen molar-refractivity contribution in [3.8, 4) is 0 Å². The molecule has 0 saturated carbocycles. The number of halogens is 2. The first-order chi connectivity index (χ1) is 11.7. The molecule has 4 rings (SSSR count). The molecule has 2 N–H and O–H groups in total. The molecule has 1 unspecified atom stereocenters. The zero-order valence-corrected chi connectivity index (χ0v) is 14.3. The lowest BCUT2D eigenvalue weighted by Crippen LogP contribution is -2.45. The Hall–Kier alpha value is -2.22. The molecule has 0 bridgehead atoms. The molecule has 1 saturated heterocycles. The van der Waals surface area contributed by atoms with Crippen LogP contribution in [-0.4, -0.2) is 39.1 Å². The Labute approximate surface area is 150 Å². The Bertz CT molecular complexity index is 925. The largest absolute Gasteiger partial charge is 0.314 e. The summed E-state index contributed by atoms with van der Waals surface area (Å²) in [6, 6.07) is 10.1. The molecule has 0 spiro atoms. The fourth-order valence-electron chi connectivity index (χ4n) is 3.24. The summed E-state index contributed by atoms with van der Waals surface area (Å²) in [6.45, 7) is 2.97. The molecular weight excluding hydrogens is 345 g/mol. The Morgan fingerprint density at radius 1 is 1.28 bits per heavy atom. The van der Waals surface area contributed by atoms with Gasteiger partial charge in [-0.25, -0.2) is 13.9 Å². The molecule has 6 nitrogen and oxygen atoms in total. The van der Waals surface area contributed by atoms with E-state index in [1.54, 1.807) is 30.5 Å². The standard InChI is InChI=1S/C17H18FN5O.ClH/c18-13-3-1-2-12(8-13)15-10-19-6-7-22(15)11-14-9-17(24)23-16(21-14)4-5-20-23;/h1-5,8-9,15,19-20H,6-7,10-11H2;1H. The minimum absolute atomic E-state index is 0. The zero-order chi connectivity index (χ0) is 16.5. The van der Waals surface area contributed by atoms with Gasteiger partial charge in [0.25, 0.3) is 5.56 Å². The van der Waals surface area contributed by atoms with Crippen molar-refractivity contribution in [2.24, 2.45) is 0 Å². The van der Waals surface area contributed by atoms with E-state index in [-0.39, 0.29) is 29.8 Å². The molecular formula is C17H19ClFN5O. The monoisotopic (exact) mass is 363 g/mol. The van der Waals surface area contributed by atoms with Crippen LogP contribution in [0.25, 0.3) is 5.65 Å². The smallest absolute Gasteiger partial charge is 0.272 e. The third-order valence-corrected chi connectivity index (χ3v) is 4.39. The van der Waals surface area contributed by atoms with Gasteiger partial charge in [0, 0.05) is 50.6 Å². The molecule has 25 heavy (non-hydrogen) atoms. The van der Waals surface area contributed by atoms with Crippen molar-refractivity contribution in [2.75, 3.05) is 19.6 Å². The number of H-pyrrole nitrogens is 1. The van der Waals surface area contributed by atoms with Crippen LogP contribution >= 0.6 is 12.4 Å². The Morgan fingerprint density at radius 3 is 3.00 bits per heavy atom. The van der Waals surface area contributed by atoms with E-state index < -0.39 is 0 Å². The third-order valence-electron chi connectivity index (χ3n) is 4.39. The summed E-state index contributed by atoms with van der Waals surface area (Å²) in [6.07, 6.45) is 1.69. The first-order valence-corrected chi connectivity index (χ1v) is 7.97. The molecule has 2 aromatic heterocycles. The van der Waals surface area contributed by atoms with Gasteiger partial charge in [-0.3, -0.25) is 14.8 Å². The molecule has 0 amide bonds. The molecule has 1 aliphatic rings. The van der Waals surface area contributed by atoms with Gasteiger partial charge in [0.1, 0.15) is 5.82 Å². The van der Waals surface area contributed by atoms with Crippen LogP contribution in [-0.2, 0) is 6.54 Å². The van der Waals surface area contributed by atoms with Crippen molar-refractivity contribution in [3.05, 3.63) is 70.0 Å². The summed E-state index contributed by atoms with van der Waals surface area (Å²) in [5.41, 5.74) is 2.14. The first-order valence-electron chi connectivity index (χ1n) is 7.97. The second-order valence-corrected chi connectivity index (χ2v) is 5.99. The van der Waals surface area contributed by atoms with Gasteiger partial charge in [0.05, 0.1) is 5.69 Å². The number of fused-ring (bicyclic) bond motifs is 1. The first kappa shape index (κ1) is 17.6. The van der Waals surface area contributed by atoms with E-state index in [1.165, 1.54) is 10.6 Å². The SMILES string of the molecule is Cl.O=c1cc(CN2CCNCC2c2cccc(F)c2)nc2cc[nH]n12. The molecule has 1 atom stereocenters. The van der Waals surface area contributed by atoms with Crippen LogP contribution in [0.4, 0.5) is 4.39 Å². The van der Waals surface area contributed by atoms with Gasteiger partial charge in [0.2, 0.25) is 0 Å². The summed E-state index contributed by atoms with van der Waals surface area (Å²) in [5, 5.41) is 6.19. The molecule has 0 aliphatic carbocycles. The van der Waals surface area contributed by atoms with Gasteiger partial charge in [0.15, 0.2) is 5.65 Å². The van der Waals surface area contributed by atoms with Crippen molar-refractivity contribution >= 4 is 18.1 Å². The van der Waals surface area contributed by atoms with Crippen LogP contribution in [0, 0.1) is 5.82 Å². The van der Waals surface area contributed by atoms with Crippen molar-refractivity contribution in [1.29, 1.82) is 0 Å². The third kappa shape index (κ3) is 3.58. The van der Waals surface area contributed by atoms with Crippen LogP contribution < -0.4 is 10.9 Å². The maximum Gasteiger partial charge on any atom is 0.272 e. The highest BCUT2D eigenvalue weighted by Crippen LogP contribution is 2.24. The zero-order valence-electron chi connectivity index (χ0n) is 13.5. The van der Waals surface area contributed by atoms with E-state index in [2.05, 4.69) is 20.3 Å². The number of hydrogen-bond acceptors (Lipinski definition) is 4. The number of nitrogens with zero attached hydrogens (tertiary/aromatic N) is 3. The van der Waals surface area contributed by atoms with E-state index in [0.717, 1.165) is 30.9 Å². The molecule has 1 fully saturated rings. The predicted octanol–water partition coefficient (Wildman–Crippen LogP) is 1.73. The van der Waals surface area contributed by atoms with Crippen LogP contribution in [0.1, 0.15) is 17.3 Å². The van der Waals surface area contributed by atoms with Gasteiger partial charge < -0.3 is 5.32 Å². The van der Waals surface area contributed by atoms with Crippen molar-refractivity contribution in [2.45, 2.75) is 12.6 Å². The normalized spacial score (nSPS) is 18.2. The second kappa shape index (κ2) is 7.35. The average molecular weight is 364 g/mol. The maximum atomic E-state index is 13.6. The van der Waals surface area contributed by atoms with Crippen LogP contribution in [0.5, 0.6) is 0 Å². The van der Waals surface area contributed by atoms with Crippen molar-refractivity contribution in [3.63, 3.8) is 0 Å². The summed E-state index contributed by atoms with van der Waals surface area (Å²) in [7, 11) is 0.